The lowest BCUT2D eigenvalue weighted by Crippen LogP contribution is -2.28. The SMILES string of the molecule is CCCCn1nnnc1CN(C)S(=O)(=O)c1ccc(F)cc1. The monoisotopic (exact) mass is 327 g/mol. The molecule has 0 saturated carbocycles. The van der Waals surface area contributed by atoms with Gasteiger partial charge in [-0.15, -0.1) is 5.10 Å². The van der Waals surface area contributed by atoms with Gasteiger partial charge in [0.05, 0.1) is 11.4 Å². The van der Waals surface area contributed by atoms with Crippen molar-refractivity contribution in [3.63, 3.8) is 0 Å². The maximum Gasteiger partial charge on any atom is 0.243 e. The van der Waals surface area contributed by atoms with E-state index in [1.807, 2.05) is 0 Å². The van der Waals surface area contributed by atoms with E-state index in [9.17, 15) is 12.8 Å². The summed E-state index contributed by atoms with van der Waals surface area (Å²) in [6, 6.07) is 4.71. The molecule has 1 heterocycles. The Morgan fingerprint density at radius 1 is 1.27 bits per heavy atom. The molecule has 0 spiro atoms. The second kappa shape index (κ2) is 6.93. The quantitative estimate of drug-likeness (QED) is 0.768. The van der Waals surface area contributed by atoms with Gasteiger partial charge in [0.1, 0.15) is 5.82 Å². The van der Waals surface area contributed by atoms with Gasteiger partial charge in [-0.05, 0) is 41.1 Å². The molecule has 120 valence electrons. The Labute approximate surface area is 128 Å². The molecule has 22 heavy (non-hydrogen) atoms. The molecule has 9 heteroatoms. The van der Waals surface area contributed by atoms with Crippen LogP contribution in [0.1, 0.15) is 25.6 Å². The van der Waals surface area contributed by atoms with E-state index in [-0.39, 0.29) is 11.4 Å². The Bertz CT molecular complexity index is 714. The van der Waals surface area contributed by atoms with Crippen LogP contribution >= 0.6 is 0 Å². The minimum absolute atomic E-state index is 0.0315. The van der Waals surface area contributed by atoms with Gasteiger partial charge in [-0.3, -0.25) is 0 Å². The number of nitrogens with zero attached hydrogens (tertiary/aromatic N) is 5. The number of sulfonamides is 1. The van der Waals surface area contributed by atoms with Crippen molar-refractivity contribution in [3.8, 4) is 0 Å². The molecular weight excluding hydrogens is 309 g/mol. The number of unbranched alkanes of at least 4 members (excludes halogenated alkanes) is 1. The average Bonchev–Trinajstić information content (AvgIpc) is 2.92. The van der Waals surface area contributed by atoms with Crippen molar-refractivity contribution in [2.45, 2.75) is 37.8 Å². The average molecular weight is 327 g/mol. The third kappa shape index (κ3) is 3.66. The third-order valence-corrected chi connectivity index (χ3v) is 5.03. The number of benzene rings is 1. The lowest BCUT2D eigenvalue weighted by Gasteiger charge is -2.16. The normalized spacial score (nSPS) is 12.0. The predicted molar refractivity (Wildman–Crippen MR) is 77.8 cm³/mol. The van der Waals surface area contributed by atoms with Crippen molar-refractivity contribution in [3.05, 3.63) is 35.9 Å². The molecule has 0 amide bonds. The highest BCUT2D eigenvalue weighted by molar-refractivity contribution is 7.89. The van der Waals surface area contributed by atoms with E-state index in [2.05, 4.69) is 22.4 Å². The van der Waals surface area contributed by atoms with Crippen LogP contribution in [0.5, 0.6) is 0 Å². The summed E-state index contributed by atoms with van der Waals surface area (Å²) in [6.45, 7) is 2.74. The van der Waals surface area contributed by atoms with Gasteiger partial charge in [-0.1, -0.05) is 13.3 Å². The largest absolute Gasteiger partial charge is 0.243 e. The highest BCUT2D eigenvalue weighted by atomic mass is 32.2. The third-order valence-electron chi connectivity index (χ3n) is 3.22. The van der Waals surface area contributed by atoms with Crippen LogP contribution in [0, 0.1) is 5.82 Å². The van der Waals surface area contributed by atoms with Gasteiger partial charge in [0.25, 0.3) is 0 Å². The van der Waals surface area contributed by atoms with Crippen LogP contribution in [0.15, 0.2) is 29.2 Å². The fourth-order valence-electron chi connectivity index (χ4n) is 1.89. The molecule has 0 saturated heterocycles. The van der Waals surface area contributed by atoms with E-state index < -0.39 is 15.8 Å². The van der Waals surface area contributed by atoms with Crippen molar-refractivity contribution < 1.29 is 12.8 Å². The zero-order valence-electron chi connectivity index (χ0n) is 12.5. The Hall–Kier alpha value is -1.87. The summed E-state index contributed by atoms with van der Waals surface area (Å²) in [5, 5.41) is 11.3. The first-order valence-corrected chi connectivity index (χ1v) is 8.36. The summed E-state index contributed by atoms with van der Waals surface area (Å²) < 4.78 is 40.5. The van der Waals surface area contributed by atoms with E-state index in [1.54, 1.807) is 4.68 Å². The Morgan fingerprint density at radius 3 is 2.59 bits per heavy atom. The van der Waals surface area contributed by atoms with Crippen LogP contribution in [-0.4, -0.2) is 40.0 Å². The highest BCUT2D eigenvalue weighted by Crippen LogP contribution is 2.16. The molecule has 0 aliphatic heterocycles. The fraction of sp³-hybridized carbons (Fsp3) is 0.462. The Balaban J connectivity index is 2.16. The molecule has 0 fully saturated rings. The lowest BCUT2D eigenvalue weighted by atomic mass is 10.3. The smallest absolute Gasteiger partial charge is 0.228 e. The number of hydrogen-bond donors (Lipinski definition) is 0. The number of halogens is 1. The zero-order chi connectivity index (χ0) is 16.2. The van der Waals surface area contributed by atoms with Crippen LogP contribution in [0.4, 0.5) is 4.39 Å². The van der Waals surface area contributed by atoms with Gasteiger partial charge < -0.3 is 0 Å². The fourth-order valence-corrected chi connectivity index (χ4v) is 3.01. The minimum Gasteiger partial charge on any atom is -0.228 e. The van der Waals surface area contributed by atoms with Crippen LogP contribution in [0.2, 0.25) is 0 Å². The van der Waals surface area contributed by atoms with Crippen molar-refractivity contribution in [1.29, 1.82) is 0 Å². The van der Waals surface area contributed by atoms with Crippen molar-refractivity contribution in [2.24, 2.45) is 0 Å². The van der Waals surface area contributed by atoms with Crippen LogP contribution in [0.25, 0.3) is 0 Å². The molecule has 0 aliphatic carbocycles. The van der Waals surface area contributed by atoms with Crippen molar-refractivity contribution >= 4 is 10.0 Å². The lowest BCUT2D eigenvalue weighted by molar-refractivity contribution is 0.434. The molecule has 0 aliphatic rings. The number of hydrogen-bond acceptors (Lipinski definition) is 5. The number of aromatic nitrogens is 4. The van der Waals surface area contributed by atoms with Gasteiger partial charge in [0.15, 0.2) is 5.82 Å². The molecule has 0 unspecified atom stereocenters. The van der Waals surface area contributed by atoms with E-state index in [1.165, 1.54) is 19.2 Å². The molecule has 0 radical (unpaired) electrons. The van der Waals surface area contributed by atoms with E-state index in [0.29, 0.717) is 12.4 Å². The standard InChI is InChI=1S/C13H18FN5O2S/c1-3-4-9-19-13(15-16-17-19)10-18(2)22(20,21)12-7-5-11(14)6-8-12/h5-8H,3-4,9-10H2,1-2H3. The first kappa shape index (κ1) is 16.5. The summed E-state index contributed by atoms with van der Waals surface area (Å²) in [7, 11) is -2.27. The highest BCUT2D eigenvalue weighted by Gasteiger charge is 2.23. The summed E-state index contributed by atoms with van der Waals surface area (Å²) in [5.74, 6) is -0.00764. The van der Waals surface area contributed by atoms with Gasteiger partial charge in [0, 0.05) is 13.6 Å². The molecule has 2 rings (SSSR count). The summed E-state index contributed by atoms with van der Waals surface area (Å²) >= 11 is 0. The number of aryl methyl sites for hydroxylation is 1. The van der Waals surface area contributed by atoms with Crippen LogP contribution in [-0.2, 0) is 23.1 Å². The van der Waals surface area contributed by atoms with Gasteiger partial charge in [0.2, 0.25) is 10.0 Å². The first-order valence-electron chi connectivity index (χ1n) is 6.92. The minimum atomic E-state index is -3.71. The first-order chi connectivity index (χ1) is 10.4. The summed E-state index contributed by atoms with van der Waals surface area (Å²) in [6.07, 6.45) is 1.90. The maximum atomic E-state index is 12.9. The van der Waals surface area contributed by atoms with Crippen LogP contribution in [0.3, 0.4) is 0 Å². The Morgan fingerprint density at radius 2 is 1.95 bits per heavy atom. The van der Waals surface area contributed by atoms with Gasteiger partial charge in [-0.25, -0.2) is 17.5 Å². The van der Waals surface area contributed by atoms with E-state index >= 15 is 0 Å². The Kier molecular flexibility index (Phi) is 5.19. The molecule has 1 aromatic carbocycles. The molecule has 7 nitrogen and oxygen atoms in total. The molecule has 0 atom stereocenters. The molecule has 2 aromatic rings. The van der Waals surface area contributed by atoms with Crippen LogP contribution < -0.4 is 0 Å². The zero-order valence-corrected chi connectivity index (χ0v) is 13.3. The van der Waals surface area contributed by atoms with Crippen molar-refractivity contribution in [2.75, 3.05) is 7.05 Å². The van der Waals surface area contributed by atoms with Gasteiger partial charge in [-0.2, -0.15) is 4.31 Å². The summed E-state index contributed by atoms with van der Waals surface area (Å²) in [4.78, 5) is 0.0315. The van der Waals surface area contributed by atoms with Crippen molar-refractivity contribution in [1.82, 2.24) is 24.5 Å². The molecule has 0 N–H and O–H groups in total. The second-order valence-corrected chi connectivity index (χ2v) is 6.93. The van der Waals surface area contributed by atoms with E-state index in [0.717, 1.165) is 29.3 Å². The maximum absolute atomic E-state index is 12.9. The molecule has 0 bridgehead atoms. The summed E-state index contributed by atoms with van der Waals surface area (Å²) in [5.41, 5.74) is 0. The van der Waals surface area contributed by atoms with Gasteiger partial charge >= 0.3 is 0 Å². The molecular formula is C13H18FN5O2S. The molecule has 1 aromatic heterocycles. The second-order valence-electron chi connectivity index (χ2n) is 4.89. The van der Waals surface area contributed by atoms with E-state index in [4.69, 9.17) is 0 Å². The predicted octanol–water partition coefficient (Wildman–Crippen LogP) is 1.43. The number of tetrazole rings is 1. The number of rotatable bonds is 7. The topological polar surface area (TPSA) is 81.0 Å².